The van der Waals surface area contributed by atoms with Crippen LogP contribution in [0.15, 0.2) is 16.6 Å². The highest BCUT2D eigenvalue weighted by molar-refractivity contribution is 14.0. The van der Waals surface area contributed by atoms with Crippen LogP contribution in [-0.2, 0) is 10.8 Å². The summed E-state index contributed by atoms with van der Waals surface area (Å²) < 4.78 is 11.9. The molecule has 0 aromatic rings. The molecular formula is C17H34IN3OS. The maximum atomic E-state index is 12.0. The van der Waals surface area contributed by atoms with Gasteiger partial charge in [-0.1, -0.05) is 11.6 Å². The molecule has 136 valence electrons. The lowest BCUT2D eigenvalue weighted by atomic mass is 9.97. The number of allylic oxidation sites excluding steroid dienone is 1. The highest BCUT2D eigenvalue weighted by Gasteiger charge is 2.18. The van der Waals surface area contributed by atoms with Gasteiger partial charge in [-0.2, -0.15) is 0 Å². The van der Waals surface area contributed by atoms with E-state index in [1.807, 2.05) is 20.8 Å². The van der Waals surface area contributed by atoms with Crippen molar-refractivity contribution in [2.45, 2.75) is 64.5 Å². The van der Waals surface area contributed by atoms with E-state index in [1.54, 1.807) is 5.57 Å². The first-order chi connectivity index (χ1) is 10.4. The van der Waals surface area contributed by atoms with Gasteiger partial charge in [-0.05, 0) is 59.8 Å². The Morgan fingerprint density at radius 2 is 2.04 bits per heavy atom. The predicted molar refractivity (Wildman–Crippen MR) is 113 cm³/mol. The largest absolute Gasteiger partial charge is 0.357 e. The third-order valence-corrected chi connectivity index (χ3v) is 5.62. The number of nitrogens with zero attached hydrogens (tertiary/aromatic N) is 1. The first-order valence-corrected chi connectivity index (χ1v) is 9.84. The highest BCUT2D eigenvalue weighted by atomic mass is 127. The standard InChI is InChI=1S/C17H33N3OS.HI/c1-5-18-16(20-13-14-22(21)17(2,3)4)19-12-11-15-9-7-6-8-10-15;/h9H,5-8,10-14H2,1-4H3,(H2,18,19,20);1H. The van der Waals surface area contributed by atoms with Crippen molar-refractivity contribution in [1.29, 1.82) is 0 Å². The maximum Gasteiger partial charge on any atom is 0.191 e. The number of rotatable bonds is 7. The van der Waals surface area contributed by atoms with Crippen molar-refractivity contribution >= 4 is 40.7 Å². The van der Waals surface area contributed by atoms with Crippen LogP contribution >= 0.6 is 24.0 Å². The lowest BCUT2D eigenvalue weighted by molar-refractivity contribution is 0.648. The molecular weight excluding hydrogens is 421 g/mol. The lowest BCUT2D eigenvalue weighted by Crippen LogP contribution is -2.38. The Hall–Kier alpha value is -0.110. The fraction of sp³-hybridized carbons (Fsp3) is 0.824. The fourth-order valence-electron chi connectivity index (χ4n) is 2.36. The van der Waals surface area contributed by atoms with Crippen LogP contribution < -0.4 is 10.6 Å². The maximum absolute atomic E-state index is 12.0. The summed E-state index contributed by atoms with van der Waals surface area (Å²) in [5, 5.41) is 6.63. The molecule has 0 saturated carbocycles. The first-order valence-electron chi connectivity index (χ1n) is 8.52. The van der Waals surface area contributed by atoms with Gasteiger partial charge in [0.25, 0.3) is 0 Å². The summed E-state index contributed by atoms with van der Waals surface area (Å²) >= 11 is 0. The molecule has 1 aliphatic rings. The summed E-state index contributed by atoms with van der Waals surface area (Å²) in [5.74, 6) is 1.45. The SMILES string of the molecule is CCNC(=NCCS(=O)C(C)(C)C)NCCC1=CCCCC1.I. The molecule has 0 saturated heterocycles. The van der Waals surface area contributed by atoms with Gasteiger partial charge in [0, 0.05) is 34.4 Å². The summed E-state index contributed by atoms with van der Waals surface area (Å²) in [6.07, 6.45) is 8.65. The molecule has 6 heteroatoms. The normalized spacial score (nSPS) is 17.0. The monoisotopic (exact) mass is 455 g/mol. The molecule has 1 aliphatic carbocycles. The van der Waals surface area contributed by atoms with Gasteiger partial charge < -0.3 is 10.6 Å². The van der Waals surface area contributed by atoms with Gasteiger partial charge >= 0.3 is 0 Å². The quantitative estimate of drug-likeness (QED) is 0.267. The molecule has 0 aromatic heterocycles. The van der Waals surface area contributed by atoms with Crippen LogP contribution in [0.4, 0.5) is 0 Å². The summed E-state index contributed by atoms with van der Waals surface area (Å²) in [5.41, 5.74) is 1.57. The molecule has 0 aliphatic heterocycles. The van der Waals surface area contributed by atoms with E-state index < -0.39 is 10.8 Å². The zero-order valence-electron chi connectivity index (χ0n) is 15.1. The van der Waals surface area contributed by atoms with Gasteiger partial charge in [0.2, 0.25) is 0 Å². The average molecular weight is 455 g/mol. The van der Waals surface area contributed by atoms with E-state index in [2.05, 4.69) is 28.6 Å². The fourth-order valence-corrected chi connectivity index (χ4v) is 3.23. The van der Waals surface area contributed by atoms with Gasteiger partial charge in [0.05, 0.1) is 6.54 Å². The second-order valence-electron chi connectivity index (χ2n) is 6.71. The summed E-state index contributed by atoms with van der Waals surface area (Å²) in [6.45, 7) is 10.4. The lowest BCUT2D eigenvalue weighted by Gasteiger charge is -2.17. The number of halogens is 1. The predicted octanol–water partition coefficient (Wildman–Crippen LogP) is 3.60. The van der Waals surface area contributed by atoms with Gasteiger partial charge in [-0.3, -0.25) is 9.20 Å². The van der Waals surface area contributed by atoms with Crippen LogP contribution in [0.3, 0.4) is 0 Å². The van der Waals surface area contributed by atoms with Crippen LogP contribution in [0.1, 0.15) is 59.8 Å². The van der Waals surface area contributed by atoms with Gasteiger partial charge in [-0.25, -0.2) is 0 Å². The van der Waals surface area contributed by atoms with Crippen molar-refractivity contribution in [3.63, 3.8) is 0 Å². The molecule has 0 fully saturated rings. The van der Waals surface area contributed by atoms with Crippen LogP contribution in [-0.4, -0.2) is 40.3 Å². The van der Waals surface area contributed by atoms with Crippen LogP contribution in [0.5, 0.6) is 0 Å². The molecule has 0 amide bonds. The highest BCUT2D eigenvalue weighted by Crippen LogP contribution is 2.19. The molecule has 0 radical (unpaired) electrons. The molecule has 0 spiro atoms. The minimum absolute atomic E-state index is 0. The zero-order chi connectivity index (χ0) is 16.4. The van der Waals surface area contributed by atoms with Crippen molar-refractivity contribution in [2.75, 3.05) is 25.4 Å². The van der Waals surface area contributed by atoms with E-state index in [0.717, 1.165) is 25.5 Å². The third kappa shape index (κ3) is 10.4. The molecule has 0 bridgehead atoms. The summed E-state index contributed by atoms with van der Waals surface area (Å²) in [7, 11) is -0.839. The van der Waals surface area contributed by atoms with Gasteiger partial charge in [0.15, 0.2) is 5.96 Å². The molecule has 4 nitrogen and oxygen atoms in total. The van der Waals surface area contributed by atoms with Crippen LogP contribution in [0.25, 0.3) is 0 Å². The minimum Gasteiger partial charge on any atom is -0.357 e. The second-order valence-corrected chi connectivity index (χ2v) is 9.03. The van der Waals surface area contributed by atoms with E-state index in [0.29, 0.717) is 12.3 Å². The number of nitrogens with one attached hydrogen (secondary N) is 2. The third-order valence-electron chi connectivity index (χ3n) is 3.70. The van der Waals surface area contributed by atoms with E-state index >= 15 is 0 Å². The summed E-state index contributed by atoms with van der Waals surface area (Å²) in [6, 6.07) is 0. The van der Waals surface area contributed by atoms with Crippen molar-refractivity contribution < 1.29 is 4.21 Å². The van der Waals surface area contributed by atoms with Gasteiger partial charge in [-0.15, -0.1) is 24.0 Å². The second kappa shape index (κ2) is 12.3. The van der Waals surface area contributed by atoms with Crippen molar-refractivity contribution in [3.8, 4) is 0 Å². The first kappa shape index (κ1) is 22.9. The van der Waals surface area contributed by atoms with Crippen LogP contribution in [0.2, 0.25) is 0 Å². The molecule has 2 N–H and O–H groups in total. The molecule has 1 unspecified atom stereocenters. The number of aliphatic imine (C=N–C) groups is 1. The Balaban J connectivity index is 0.00000484. The molecule has 23 heavy (non-hydrogen) atoms. The van der Waals surface area contributed by atoms with Crippen molar-refractivity contribution in [3.05, 3.63) is 11.6 Å². The Labute approximate surface area is 161 Å². The van der Waals surface area contributed by atoms with Crippen molar-refractivity contribution in [1.82, 2.24) is 10.6 Å². The Morgan fingerprint density at radius 3 is 2.61 bits per heavy atom. The van der Waals surface area contributed by atoms with E-state index in [1.165, 1.54) is 25.7 Å². The molecule has 1 rings (SSSR count). The Morgan fingerprint density at radius 1 is 1.30 bits per heavy atom. The Kier molecular flexibility index (Phi) is 12.2. The van der Waals surface area contributed by atoms with Crippen LogP contribution in [0, 0.1) is 0 Å². The number of guanidine groups is 1. The number of hydrogen-bond donors (Lipinski definition) is 2. The van der Waals surface area contributed by atoms with Crippen molar-refractivity contribution in [2.24, 2.45) is 4.99 Å². The van der Waals surface area contributed by atoms with E-state index in [4.69, 9.17) is 0 Å². The molecule has 0 heterocycles. The summed E-state index contributed by atoms with van der Waals surface area (Å²) in [4.78, 5) is 4.53. The molecule has 0 aromatic carbocycles. The Bertz CT molecular complexity index is 417. The van der Waals surface area contributed by atoms with E-state index in [-0.39, 0.29) is 28.7 Å². The average Bonchev–Trinajstić information content (AvgIpc) is 2.47. The van der Waals surface area contributed by atoms with E-state index in [9.17, 15) is 4.21 Å². The topological polar surface area (TPSA) is 53.5 Å². The van der Waals surface area contributed by atoms with Gasteiger partial charge in [0.1, 0.15) is 0 Å². The smallest absolute Gasteiger partial charge is 0.191 e. The zero-order valence-corrected chi connectivity index (χ0v) is 18.3. The molecule has 1 atom stereocenters. The minimum atomic E-state index is -0.839. The number of hydrogen-bond acceptors (Lipinski definition) is 2.